The molecule has 106 valence electrons. The summed E-state index contributed by atoms with van der Waals surface area (Å²) >= 11 is 0. The quantitative estimate of drug-likeness (QED) is 0.870. The summed E-state index contributed by atoms with van der Waals surface area (Å²) in [5.74, 6) is 0. The van der Waals surface area contributed by atoms with E-state index in [1.807, 2.05) is 4.90 Å². The van der Waals surface area contributed by atoms with Crippen molar-refractivity contribution < 1.29 is 13.5 Å². The molecule has 0 spiro atoms. The smallest absolute Gasteiger partial charge is 0.240 e. The van der Waals surface area contributed by atoms with Crippen molar-refractivity contribution in [1.29, 1.82) is 0 Å². The second-order valence-corrected chi connectivity index (χ2v) is 6.42. The number of hydrogen-bond donors (Lipinski definition) is 2. The lowest BCUT2D eigenvalue weighted by Gasteiger charge is -2.32. The van der Waals surface area contributed by atoms with Crippen LogP contribution in [-0.4, -0.2) is 32.7 Å². The van der Waals surface area contributed by atoms with Crippen LogP contribution in [0.5, 0.6) is 0 Å². The number of nitrogens with two attached hydrogens (primary N) is 1. The van der Waals surface area contributed by atoms with Crippen LogP contribution in [-0.2, 0) is 10.0 Å². The third kappa shape index (κ3) is 3.26. The Bertz CT molecular complexity index is 530. The van der Waals surface area contributed by atoms with Gasteiger partial charge in [-0.2, -0.15) is 0 Å². The van der Waals surface area contributed by atoms with E-state index >= 15 is 0 Å². The van der Waals surface area contributed by atoms with Gasteiger partial charge in [-0.3, -0.25) is 0 Å². The highest BCUT2D eigenvalue weighted by atomic mass is 32.2. The summed E-state index contributed by atoms with van der Waals surface area (Å²) < 4.78 is 23.3. The van der Waals surface area contributed by atoms with Crippen molar-refractivity contribution in [3.8, 4) is 0 Å². The predicted molar refractivity (Wildman–Crippen MR) is 74.5 cm³/mol. The van der Waals surface area contributed by atoms with Crippen molar-refractivity contribution in [1.82, 2.24) is 0 Å². The number of aliphatic hydroxyl groups is 1. The number of primary sulfonamides is 1. The maximum atomic E-state index is 11.7. The van der Waals surface area contributed by atoms with Crippen LogP contribution in [0.2, 0.25) is 0 Å². The minimum atomic E-state index is -3.75. The maximum absolute atomic E-state index is 11.7. The fourth-order valence-corrected chi connectivity index (χ4v) is 3.36. The number of para-hydroxylation sites is 1. The molecule has 1 unspecified atom stereocenters. The van der Waals surface area contributed by atoms with Gasteiger partial charge in [-0.05, 0) is 25.0 Å². The van der Waals surface area contributed by atoms with Gasteiger partial charge in [0, 0.05) is 6.54 Å². The van der Waals surface area contributed by atoms with Crippen molar-refractivity contribution in [3.63, 3.8) is 0 Å². The Balaban J connectivity index is 2.44. The summed E-state index contributed by atoms with van der Waals surface area (Å²) in [5, 5.41) is 14.8. The average molecular weight is 284 g/mol. The summed E-state index contributed by atoms with van der Waals surface area (Å²) in [6.07, 6.45) is 4.02. The molecule has 1 fully saturated rings. The van der Waals surface area contributed by atoms with Gasteiger partial charge in [0.25, 0.3) is 0 Å². The molecule has 5 nitrogen and oxygen atoms in total. The number of benzene rings is 1. The largest absolute Gasteiger partial charge is 0.394 e. The molecule has 19 heavy (non-hydrogen) atoms. The van der Waals surface area contributed by atoms with Gasteiger partial charge in [0.05, 0.1) is 18.3 Å². The number of hydrogen-bond acceptors (Lipinski definition) is 4. The first-order chi connectivity index (χ1) is 9.04. The van der Waals surface area contributed by atoms with E-state index in [4.69, 9.17) is 5.14 Å². The second-order valence-electron chi connectivity index (χ2n) is 4.89. The summed E-state index contributed by atoms with van der Waals surface area (Å²) in [4.78, 5) is 2.11. The van der Waals surface area contributed by atoms with E-state index in [9.17, 15) is 13.5 Å². The van der Waals surface area contributed by atoms with Crippen LogP contribution in [0.4, 0.5) is 5.69 Å². The van der Waals surface area contributed by atoms with Gasteiger partial charge in [-0.15, -0.1) is 0 Å². The minimum Gasteiger partial charge on any atom is -0.394 e. The molecule has 0 bridgehead atoms. The molecule has 0 aromatic heterocycles. The Kier molecular flexibility index (Phi) is 4.44. The van der Waals surface area contributed by atoms with E-state index in [0.29, 0.717) is 5.69 Å². The third-order valence-corrected chi connectivity index (χ3v) is 4.53. The maximum Gasteiger partial charge on any atom is 0.240 e. The van der Waals surface area contributed by atoms with Crippen LogP contribution in [0, 0.1) is 0 Å². The number of anilines is 1. The Labute approximate surface area is 114 Å². The van der Waals surface area contributed by atoms with E-state index < -0.39 is 10.0 Å². The van der Waals surface area contributed by atoms with Gasteiger partial charge < -0.3 is 10.0 Å². The highest BCUT2D eigenvalue weighted by molar-refractivity contribution is 7.89. The Hall–Kier alpha value is -1.11. The molecule has 0 radical (unpaired) electrons. The zero-order valence-corrected chi connectivity index (χ0v) is 11.6. The Morgan fingerprint density at radius 2 is 2.00 bits per heavy atom. The number of nitrogens with zero attached hydrogens (tertiary/aromatic N) is 1. The molecule has 2 rings (SSSR count). The second kappa shape index (κ2) is 5.90. The summed E-state index contributed by atoms with van der Waals surface area (Å²) in [7, 11) is -3.75. The number of aliphatic hydroxyl groups excluding tert-OH is 1. The molecule has 1 aliphatic heterocycles. The molecule has 1 heterocycles. The highest BCUT2D eigenvalue weighted by Gasteiger charge is 2.25. The standard InChI is InChI=1S/C13H20N2O3S/c14-19(17,18)13-8-4-3-7-12(13)15-9-5-1-2-6-11(15)10-16/h3-4,7-8,11,16H,1-2,5-6,9-10H2,(H2,14,17,18). The van der Waals surface area contributed by atoms with Gasteiger partial charge in [-0.1, -0.05) is 25.0 Å². The van der Waals surface area contributed by atoms with E-state index in [2.05, 4.69) is 0 Å². The molecule has 1 aromatic rings. The van der Waals surface area contributed by atoms with Crippen LogP contribution in [0.3, 0.4) is 0 Å². The fraction of sp³-hybridized carbons (Fsp3) is 0.538. The van der Waals surface area contributed by atoms with Crippen LogP contribution in [0.25, 0.3) is 0 Å². The SMILES string of the molecule is NS(=O)(=O)c1ccccc1N1CCCCCC1CO. The molecule has 0 saturated carbocycles. The van der Waals surface area contributed by atoms with E-state index in [1.54, 1.807) is 18.2 Å². The Morgan fingerprint density at radius 1 is 1.26 bits per heavy atom. The van der Waals surface area contributed by atoms with Crippen LogP contribution >= 0.6 is 0 Å². The first-order valence-electron chi connectivity index (χ1n) is 6.53. The molecule has 1 aromatic carbocycles. The van der Waals surface area contributed by atoms with Gasteiger partial charge in [0.1, 0.15) is 4.90 Å². The molecule has 0 amide bonds. The third-order valence-electron chi connectivity index (χ3n) is 3.57. The van der Waals surface area contributed by atoms with Crippen molar-refractivity contribution >= 4 is 15.7 Å². The first kappa shape index (κ1) is 14.3. The lowest BCUT2D eigenvalue weighted by atomic mass is 10.1. The lowest BCUT2D eigenvalue weighted by molar-refractivity contribution is 0.254. The number of rotatable bonds is 3. The summed E-state index contributed by atoms with van der Waals surface area (Å²) in [6.45, 7) is 0.775. The topological polar surface area (TPSA) is 83.6 Å². The van der Waals surface area contributed by atoms with Crippen molar-refractivity contribution in [2.75, 3.05) is 18.1 Å². The number of sulfonamides is 1. The highest BCUT2D eigenvalue weighted by Crippen LogP contribution is 2.29. The Morgan fingerprint density at radius 3 is 2.68 bits per heavy atom. The lowest BCUT2D eigenvalue weighted by Crippen LogP contribution is -2.38. The van der Waals surface area contributed by atoms with Crippen LogP contribution in [0.15, 0.2) is 29.2 Å². The predicted octanol–water partition coefficient (Wildman–Crippen LogP) is 1.08. The van der Waals surface area contributed by atoms with E-state index in [0.717, 1.165) is 32.2 Å². The molecule has 0 aliphatic carbocycles. The monoisotopic (exact) mass is 284 g/mol. The van der Waals surface area contributed by atoms with Crippen molar-refractivity contribution in [2.24, 2.45) is 5.14 Å². The first-order valence-corrected chi connectivity index (χ1v) is 8.08. The van der Waals surface area contributed by atoms with Crippen LogP contribution < -0.4 is 10.0 Å². The zero-order chi connectivity index (χ0) is 13.9. The average Bonchev–Trinajstić information content (AvgIpc) is 2.62. The van der Waals surface area contributed by atoms with E-state index in [1.165, 1.54) is 6.07 Å². The van der Waals surface area contributed by atoms with Crippen molar-refractivity contribution in [2.45, 2.75) is 36.6 Å². The van der Waals surface area contributed by atoms with Gasteiger partial charge in [-0.25, -0.2) is 13.6 Å². The molecular weight excluding hydrogens is 264 g/mol. The molecule has 3 N–H and O–H groups in total. The molecule has 1 saturated heterocycles. The molecule has 1 aliphatic rings. The van der Waals surface area contributed by atoms with Gasteiger partial charge in [0.15, 0.2) is 0 Å². The normalized spacial score (nSPS) is 21.2. The fourth-order valence-electron chi connectivity index (χ4n) is 2.62. The summed E-state index contributed by atoms with van der Waals surface area (Å²) in [6, 6.07) is 6.70. The molecular formula is C13H20N2O3S. The summed E-state index contributed by atoms with van der Waals surface area (Å²) in [5.41, 5.74) is 0.603. The minimum absolute atomic E-state index is 0.0267. The zero-order valence-electron chi connectivity index (χ0n) is 10.8. The molecule has 6 heteroatoms. The molecule has 1 atom stereocenters. The van der Waals surface area contributed by atoms with Gasteiger partial charge in [0.2, 0.25) is 10.0 Å². The van der Waals surface area contributed by atoms with Gasteiger partial charge >= 0.3 is 0 Å². The van der Waals surface area contributed by atoms with E-state index in [-0.39, 0.29) is 17.5 Å². The van der Waals surface area contributed by atoms with Crippen molar-refractivity contribution in [3.05, 3.63) is 24.3 Å². The van der Waals surface area contributed by atoms with Crippen LogP contribution in [0.1, 0.15) is 25.7 Å².